The molecule has 0 bridgehead atoms. The zero-order chi connectivity index (χ0) is 10.1. The number of esters is 1. The first-order valence-electron chi connectivity index (χ1n) is 5.12. The molecular formula is C10H21NO2. The summed E-state index contributed by atoms with van der Waals surface area (Å²) in [6.07, 6.45) is 1.65. The summed E-state index contributed by atoms with van der Waals surface area (Å²) in [5.41, 5.74) is 0. The van der Waals surface area contributed by atoms with Gasteiger partial charge < -0.3 is 9.64 Å². The molecule has 78 valence electrons. The summed E-state index contributed by atoms with van der Waals surface area (Å²) < 4.78 is 4.85. The normalized spacial score (nSPS) is 10.5. The summed E-state index contributed by atoms with van der Waals surface area (Å²) in [5.74, 6) is -0.0861. The number of carbonyl (C=O) groups excluding carboxylic acids is 1. The summed E-state index contributed by atoms with van der Waals surface area (Å²) >= 11 is 0. The Morgan fingerprint density at radius 3 is 2.38 bits per heavy atom. The Morgan fingerprint density at radius 1 is 1.23 bits per heavy atom. The maximum Gasteiger partial charge on any atom is 0.307 e. The lowest BCUT2D eigenvalue weighted by molar-refractivity contribution is -0.143. The SMILES string of the molecule is CCCN(CC)CCC(=O)OCC. The molecule has 0 rings (SSSR count). The van der Waals surface area contributed by atoms with Crippen molar-refractivity contribution in [3.05, 3.63) is 0 Å². The lowest BCUT2D eigenvalue weighted by atomic mass is 10.3. The van der Waals surface area contributed by atoms with Gasteiger partial charge >= 0.3 is 5.97 Å². The monoisotopic (exact) mass is 187 g/mol. The lowest BCUT2D eigenvalue weighted by Gasteiger charge is -2.18. The fourth-order valence-electron chi connectivity index (χ4n) is 1.23. The van der Waals surface area contributed by atoms with Gasteiger partial charge in [-0.2, -0.15) is 0 Å². The van der Waals surface area contributed by atoms with E-state index in [1.165, 1.54) is 0 Å². The summed E-state index contributed by atoms with van der Waals surface area (Å²) in [5, 5.41) is 0. The Morgan fingerprint density at radius 2 is 1.92 bits per heavy atom. The molecule has 0 fully saturated rings. The van der Waals surface area contributed by atoms with Gasteiger partial charge in [0.15, 0.2) is 0 Å². The van der Waals surface area contributed by atoms with Gasteiger partial charge in [-0.25, -0.2) is 0 Å². The molecule has 0 aromatic carbocycles. The van der Waals surface area contributed by atoms with Crippen LogP contribution >= 0.6 is 0 Å². The highest BCUT2D eigenvalue weighted by molar-refractivity contribution is 5.69. The van der Waals surface area contributed by atoms with Crippen LogP contribution in [0.5, 0.6) is 0 Å². The van der Waals surface area contributed by atoms with Gasteiger partial charge in [-0.15, -0.1) is 0 Å². The fraction of sp³-hybridized carbons (Fsp3) is 0.900. The number of hydrogen-bond donors (Lipinski definition) is 0. The zero-order valence-corrected chi connectivity index (χ0v) is 9.01. The minimum absolute atomic E-state index is 0.0861. The Hall–Kier alpha value is -0.570. The third-order valence-corrected chi connectivity index (χ3v) is 1.92. The number of nitrogens with zero attached hydrogens (tertiary/aromatic N) is 1. The van der Waals surface area contributed by atoms with E-state index in [1.54, 1.807) is 0 Å². The van der Waals surface area contributed by atoms with E-state index in [1.807, 2.05) is 6.92 Å². The molecule has 0 unspecified atom stereocenters. The standard InChI is InChI=1S/C10H21NO2/c1-4-8-11(5-2)9-7-10(12)13-6-3/h4-9H2,1-3H3. The summed E-state index contributed by atoms with van der Waals surface area (Å²) in [7, 11) is 0. The molecule has 0 aliphatic heterocycles. The second-order valence-corrected chi connectivity index (χ2v) is 2.99. The molecular weight excluding hydrogens is 166 g/mol. The van der Waals surface area contributed by atoms with Crippen molar-refractivity contribution in [2.24, 2.45) is 0 Å². The first-order chi connectivity index (χ1) is 6.24. The first kappa shape index (κ1) is 12.4. The molecule has 0 saturated heterocycles. The quantitative estimate of drug-likeness (QED) is 0.568. The van der Waals surface area contributed by atoms with E-state index >= 15 is 0 Å². The van der Waals surface area contributed by atoms with E-state index in [-0.39, 0.29) is 5.97 Å². The van der Waals surface area contributed by atoms with Gasteiger partial charge in [-0.1, -0.05) is 13.8 Å². The molecule has 0 spiro atoms. The average molecular weight is 187 g/mol. The molecule has 0 aromatic rings. The highest BCUT2D eigenvalue weighted by Gasteiger charge is 2.05. The molecule has 0 radical (unpaired) electrons. The highest BCUT2D eigenvalue weighted by Crippen LogP contribution is 1.95. The predicted molar refractivity (Wildman–Crippen MR) is 53.7 cm³/mol. The van der Waals surface area contributed by atoms with Crippen LogP contribution in [0.15, 0.2) is 0 Å². The van der Waals surface area contributed by atoms with Crippen LogP contribution in [0, 0.1) is 0 Å². The highest BCUT2D eigenvalue weighted by atomic mass is 16.5. The smallest absolute Gasteiger partial charge is 0.307 e. The maximum atomic E-state index is 11.0. The number of ether oxygens (including phenoxy) is 1. The molecule has 0 aliphatic carbocycles. The Kier molecular flexibility index (Phi) is 7.69. The van der Waals surface area contributed by atoms with Crippen LogP contribution in [0.25, 0.3) is 0 Å². The Labute approximate surface area is 81.1 Å². The molecule has 0 saturated carbocycles. The van der Waals surface area contributed by atoms with Crippen molar-refractivity contribution in [1.29, 1.82) is 0 Å². The van der Waals surface area contributed by atoms with Crippen molar-refractivity contribution in [1.82, 2.24) is 4.90 Å². The topological polar surface area (TPSA) is 29.5 Å². The maximum absolute atomic E-state index is 11.0. The molecule has 3 nitrogen and oxygen atoms in total. The third-order valence-electron chi connectivity index (χ3n) is 1.92. The molecule has 0 N–H and O–H groups in total. The van der Waals surface area contributed by atoms with Gasteiger partial charge in [-0.3, -0.25) is 4.79 Å². The van der Waals surface area contributed by atoms with E-state index in [0.717, 1.165) is 26.1 Å². The largest absolute Gasteiger partial charge is 0.466 e. The minimum atomic E-state index is -0.0861. The molecule has 3 heteroatoms. The summed E-state index contributed by atoms with van der Waals surface area (Å²) in [4.78, 5) is 13.3. The van der Waals surface area contributed by atoms with E-state index in [4.69, 9.17) is 4.74 Å². The first-order valence-corrected chi connectivity index (χ1v) is 5.12. The van der Waals surface area contributed by atoms with Gasteiger partial charge in [0, 0.05) is 6.54 Å². The van der Waals surface area contributed by atoms with E-state index < -0.39 is 0 Å². The molecule has 0 aliphatic rings. The number of hydrogen-bond acceptors (Lipinski definition) is 3. The van der Waals surface area contributed by atoms with E-state index in [2.05, 4.69) is 18.7 Å². The van der Waals surface area contributed by atoms with Gasteiger partial charge in [0.05, 0.1) is 13.0 Å². The van der Waals surface area contributed by atoms with E-state index in [9.17, 15) is 4.79 Å². The van der Waals surface area contributed by atoms with Crippen molar-refractivity contribution in [3.63, 3.8) is 0 Å². The van der Waals surface area contributed by atoms with Crippen LogP contribution in [-0.4, -0.2) is 37.1 Å². The molecule has 0 atom stereocenters. The van der Waals surface area contributed by atoms with Crippen LogP contribution < -0.4 is 0 Å². The number of rotatable bonds is 7. The van der Waals surface area contributed by atoms with E-state index in [0.29, 0.717) is 13.0 Å². The van der Waals surface area contributed by atoms with Gasteiger partial charge in [0.2, 0.25) is 0 Å². The van der Waals surface area contributed by atoms with Crippen LogP contribution in [0.4, 0.5) is 0 Å². The van der Waals surface area contributed by atoms with Crippen LogP contribution in [-0.2, 0) is 9.53 Å². The van der Waals surface area contributed by atoms with Crippen molar-refractivity contribution in [2.45, 2.75) is 33.6 Å². The van der Waals surface area contributed by atoms with Crippen molar-refractivity contribution in [3.8, 4) is 0 Å². The predicted octanol–water partition coefficient (Wildman–Crippen LogP) is 1.67. The summed E-state index contributed by atoms with van der Waals surface area (Å²) in [6.45, 7) is 9.47. The third kappa shape index (κ3) is 6.58. The van der Waals surface area contributed by atoms with Gasteiger partial charge in [0.25, 0.3) is 0 Å². The van der Waals surface area contributed by atoms with Crippen molar-refractivity contribution >= 4 is 5.97 Å². The Balaban J connectivity index is 3.52. The minimum Gasteiger partial charge on any atom is -0.466 e. The zero-order valence-electron chi connectivity index (χ0n) is 9.01. The lowest BCUT2D eigenvalue weighted by Crippen LogP contribution is -2.27. The Bertz CT molecular complexity index is 137. The fourth-order valence-corrected chi connectivity index (χ4v) is 1.23. The van der Waals surface area contributed by atoms with Crippen LogP contribution in [0.2, 0.25) is 0 Å². The average Bonchev–Trinajstić information content (AvgIpc) is 2.12. The van der Waals surface area contributed by atoms with Crippen molar-refractivity contribution < 1.29 is 9.53 Å². The van der Waals surface area contributed by atoms with Crippen molar-refractivity contribution in [2.75, 3.05) is 26.2 Å². The second kappa shape index (κ2) is 8.05. The molecule has 0 aromatic heterocycles. The van der Waals surface area contributed by atoms with Gasteiger partial charge in [-0.05, 0) is 26.4 Å². The molecule has 0 heterocycles. The van der Waals surface area contributed by atoms with Crippen LogP contribution in [0.1, 0.15) is 33.6 Å². The number of carbonyl (C=O) groups is 1. The summed E-state index contributed by atoms with van der Waals surface area (Å²) in [6, 6.07) is 0. The molecule has 13 heavy (non-hydrogen) atoms. The van der Waals surface area contributed by atoms with Crippen LogP contribution in [0.3, 0.4) is 0 Å². The molecule has 0 amide bonds. The van der Waals surface area contributed by atoms with Gasteiger partial charge in [0.1, 0.15) is 0 Å². The second-order valence-electron chi connectivity index (χ2n) is 2.99.